The molecule has 0 spiro atoms. The van der Waals surface area contributed by atoms with Gasteiger partial charge in [0.15, 0.2) is 0 Å². The van der Waals surface area contributed by atoms with Crippen molar-refractivity contribution in [2.45, 2.75) is 13.8 Å². The zero-order chi connectivity index (χ0) is 16.2. The lowest BCUT2D eigenvalue weighted by Gasteiger charge is -2.10. The number of aromatic nitrogens is 3. The van der Waals surface area contributed by atoms with Crippen LogP contribution in [0.2, 0.25) is 0 Å². The number of fused-ring (bicyclic) bond motifs is 1. The fourth-order valence-corrected chi connectivity index (χ4v) is 2.58. The minimum atomic E-state index is 0.743. The number of nitrogens with zero attached hydrogens (tertiary/aromatic N) is 3. The van der Waals surface area contributed by atoms with Gasteiger partial charge in [0.05, 0.1) is 16.7 Å². The van der Waals surface area contributed by atoms with Crippen molar-refractivity contribution in [2.24, 2.45) is 0 Å². The monoisotopic (exact) mass is 371 g/mol. The Hall–Kier alpha value is -2.21. The van der Waals surface area contributed by atoms with Crippen LogP contribution in [0.4, 0.5) is 11.6 Å². The van der Waals surface area contributed by atoms with Crippen molar-refractivity contribution in [3.8, 4) is 0 Å². The van der Waals surface area contributed by atoms with Gasteiger partial charge < -0.3 is 10.6 Å². The third kappa shape index (κ3) is 3.96. The van der Waals surface area contributed by atoms with Crippen LogP contribution in [0.5, 0.6) is 0 Å². The molecule has 118 valence electrons. The summed E-state index contributed by atoms with van der Waals surface area (Å²) < 4.78 is 1.01. The summed E-state index contributed by atoms with van der Waals surface area (Å²) in [5, 5.41) is 6.60. The molecular formula is C17H18BrN5. The molecule has 0 radical (unpaired) electrons. The quantitative estimate of drug-likeness (QED) is 0.665. The topological polar surface area (TPSA) is 62.7 Å². The normalized spacial score (nSPS) is 10.7. The molecule has 0 fully saturated rings. The fraction of sp³-hybridized carbons (Fsp3) is 0.235. The van der Waals surface area contributed by atoms with Crippen molar-refractivity contribution in [1.29, 1.82) is 0 Å². The summed E-state index contributed by atoms with van der Waals surface area (Å²) in [5.41, 5.74) is 3.82. The number of halogens is 1. The van der Waals surface area contributed by atoms with E-state index in [2.05, 4.69) is 41.5 Å². The number of hydrogen-bond acceptors (Lipinski definition) is 5. The molecule has 2 heterocycles. The van der Waals surface area contributed by atoms with Crippen LogP contribution < -0.4 is 10.6 Å². The van der Waals surface area contributed by atoms with Crippen molar-refractivity contribution in [3.05, 3.63) is 52.3 Å². The lowest BCUT2D eigenvalue weighted by Crippen LogP contribution is -2.16. The van der Waals surface area contributed by atoms with E-state index in [1.54, 1.807) is 0 Å². The number of rotatable bonds is 5. The summed E-state index contributed by atoms with van der Waals surface area (Å²) in [4.78, 5) is 13.5. The highest BCUT2D eigenvalue weighted by Gasteiger charge is 2.05. The van der Waals surface area contributed by atoms with Gasteiger partial charge >= 0.3 is 0 Å². The molecule has 1 aromatic carbocycles. The molecule has 0 unspecified atom stereocenters. The lowest BCUT2D eigenvalue weighted by atomic mass is 10.3. The van der Waals surface area contributed by atoms with E-state index >= 15 is 0 Å². The number of anilines is 2. The van der Waals surface area contributed by atoms with E-state index in [9.17, 15) is 0 Å². The summed E-state index contributed by atoms with van der Waals surface area (Å²) in [5.74, 6) is 1.70. The average molecular weight is 372 g/mol. The molecule has 0 saturated heterocycles. The van der Waals surface area contributed by atoms with Crippen LogP contribution in [-0.4, -0.2) is 28.0 Å². The first-order valence-electron chi connectivity index (χ1n) is 7.46. The number of aryl methyl sites for hydroxylation is 2. The maximum Gasteiger partial charge on any atom is 0.148 e. The fourth-order valence-electron chi connectivity index (χ4n) is 2.23. The molecule has 0 amide bonds. The van der Waals surface area contributed by atoms with Crippen LogP contribution >= 0.6 is 15.9 Å². The summed E-state index contributed by atoms with van der Waals surface area (Å²) >= 11 is 3.46. The van der Waals surface area contributed by atoms with Crippen LogP contribution in [0, 0.1) is 13.8 Å². The molecule has 2 aromatic heterocycles. The Balaban J connectivity index is 1.61. The molecule has 0 saturated carbocycles. The smallest absolute Gasteiger partial charge is 0.148 e. The molecule has 0 atom stereocenters. The summed E-state index contributed by atoms with van der Waals surface area (Å²) in [6.07, 6.45) is 1.85. The van der Waals surface area contributed by atoms with Gasteiger partial charge in [-0.15, -0.1) is 0 Å². The Morgan fingerprint density at radius 3 is 2.57 bits per heavy atom. The number of hydrogen-bond donors (Lipinski definition) is 2. The Labute approximate surface area is 143 Å². The van der Waals surface area contributed by atoms with Gasteiger partial charge in [-0.2, -0.15) is 0 Å². The van der Waals surface area contributed by atoms with Crippen molar-refractivity contribution in [1.82, 2.24) is 15.0 Å². The first kappa shape index (κ1) is 15.7. The second-order valence-electron chi connectivity index (χ2n) is 5.37. The first-order chi connectivity index (χ1) is 11.1. The van der Waals surface area contributed by atoms with Gasteiger partial charge in [0.2, 0.25) is 0 Å². The highest BCUT2D eigenvalue weighted by molar-refractivity contribution is 9.10. The molecule has 0 aliphatic carbocycles. The van der Waals surface area contributed by atoms with Crippen LogP contribution in [-0.2, 0) is 0 Å². The van der Waals surface area contributed by atoms with Crippen LogP contribution in [0.15, 0.2) is 41.0 Å². The Kier molecular flexibility index (Phi) is 4.71. The Morgan fingerprint density at radius 2 is 1.78 bits per heavy atom. The van der Waals surface area contributed by atoms with Gasteiger partial charge in [0.25, 0.3) is 0 Å². The molecule has 3 aromatic rings. The predicted octanol–water partition coefficient (Wildman–Crippen LogP) is 3.93. The molecule has 6 heteroatoms. The minimum absolute atomic E-state index is 0.743. The maximum atomic E-state index is 4.63. The standard InChI is InChI=1S/C17H18BrN5/c1-11-3-6-16(21-10-11)19-7-8-20-17-12(2)22-15-9-13(18)4-5-14(15)23-17/h3-6,9-10H,7-8H2,1-2H3,(H,19,21)(H,20,23). The van der Waals surface area contributed by atoms with Crippen LogP contribution in [0.3, 0.4) is 0 Å². The van der Waals surface area contributed by atoms with Crippen molar-refractivity contribution in [3.63, 3.8) is 0 Å². The van der Waals surface area contributed by atoms with E-state index in [1.165, 1.54) is 0 Å². The molecule has 3 rings (SSSR count). The van der Waals surface area contributed by atoms with Crippen molar-refractivity contribution < 1.29 is 0 Å². The maximum absolute atomic E-state index is 4.63. The second-order valence-corrected chi connectivity index (χ2v) is 6.28. The predicted molar refractivity (Wildman–Crippen MR) is 97.9 cm³/mol. The minimum Gasteiger partial charge on any atom is -0.368 e. The van der Waals surface area contributed by atoms with E-state index < -0.39 is 0 Å². The van der Waals surface area contributed by atoms with E-state index in [0.29, 0.717) is 0 Å². The second kappa shape index (κ2) is 6.91. The van der Waals surface area contributed by atoms with Crippen molar-refractivity contribution >= 4 is 38.6 Å². The molecule has 0 aliphatic rings. The lowest BCUT2D eigenvalue weighted by molar-refractivity contribution is 1.03. The van der Waals surface area contributed by atoms with Gasteiger partial charge in [-0.3, -0.25) is 0 Å². The van der Waals surface area contributed by atoms with E-state index in [-0.39, 0.29) is 0 Å². The molecule has 0 aliphatic heterocycles. The van der Waals surface area contributed by atoms with Crippen LogP contribution in [0.25, 0.3) is 11.0 Å². The van der Waals surface area contributed by atoms with Crippen molar-refractivity contribution in [2.75, 3.05) is 23.7 Å². The molecule has 2 N–H and O–H groups in total. The van der Waals surface area contributed by atoms with E-state index in [0.717, 1.165) is 51.5 Å². The largest absolute Gasteiger partial charge is 0.368 e. The third-order valence-corrected chi connectivity index (χ3v) is 3.93. The Morgan fingerprint density at radius 1 is 0.957 bits per heavy atom. The Bertz CT molecular complexity index is 817. The van der Waals surface area contributed by atoms with Gasteiger partial charge in [0.1, 0.15) is 11.6 Å². The van der Waals surface area contributed by atoms with Gasteiger partial charge in [-0.1, -0.05) is 22.0 Å². The van der Waals surface area contributed by atoms with Gasteiger partial charge in [-0.05, 0) is 43.7 Å². The zero-order valence-corrected chi connectivity index (χ0v) is 14.7. The molecular weight excluding hydrogens is 354 g/mol. The number of pyridine rings is 1. The zero-order valence-electron chi connectivity index (χ0n) is 13.1. The average Bonchev–Trinajstić information content (AvgIpc) is 2.53. The molecule has 5 nitrogen and oxygen atoms in total. The number of benzene rings is 1. The molecule has 23 heavy (non-hydrogen) atoms. The summed E-state index contributed by atoms with van der Waals surface area (Å²) in [6, 6.07) is 9.93. The van der Waals surface area contributed by atoms with Gasteiger partial charge in [0, 0.05) is 23.8 Å². The highest BCUT2D eigenvalue weighted by Crippen LogP contribution is 2.20. The third-order valence-electron chi connectivity index (χ3n) is 3.44. The van der Waals surface area contributed by atoms with E-state index in [4.69, 9.17) is 0 Å². The first-order valence-corrected chi connectivity index (χ1v) is 8.25. The van der Waals surface area contributed by atoms with Crippen LogP contribution in [0.1, 0.15) is 11.3 Å². The number of nitrogens with one attached hydrogen (secondary N) is 2. The van der Waals surface area contributed by atoms with E-state index in [1.807, 2.05) is 50.4 Å². The summed E-state index contributed by atoms with van der Waals surface area (Å²) in [6.45, 7) is 5.49. The SMILES string of the molecule is Cc1ccc(NCCNc2nc3ccc(Br)cc3nc2C)nc1. The highest BCUT2D eigenvalue weighted by atomic mass is 79.9. The summed E-state index contributed by atoms with van der Waals surface area (Å²) in [7, 11) is 0. The molecule has 0 bridgehead atoms. The van der Waals surface area contributed by atoms with Gasteiger partial charge in [-0.25, -0.2) is 15.0 Å².